The van der Waals surface area contributed by atoms with Crippen LogP contribution in [-0.2, 0) is 20.8 Å². The van der Waals surface area contributed by atoms with Gasteiger partial charge in [-0.15, -0.1) is 0 Å². The maximum Gasteiger partial charge on any atom is 0.421 e. The fourth-order valence-corrected chi connectivity index (χ4v) is 2.69. The highest BCUT2D eigenvalue weighted by Gasteiger charge is 2.21. The van der Waals surface area contributed by atoms with Crippen LogP contribution in [0.25, 0.3) is 11.1 Å². The van der Waals surface area contributed by atoms with Crippen molar-refractivity contribution in [3.63, 3.8) is 0 Å². The minimum absolute atomic E-state index is 0.129. The lowest BCUT2D eigenvalue weighted by molar-refractivity contribution is -0.151. The van der Waals surface area contributed by atoms with E-state index in [1.807, 2.05) is 61.5 Å². The van der Waals surface area contributed by atoms with Gasteiger partial charge in [-0.2, -0.15) is 0 Å². The molecule has 0 saturated carbocycles. The number of unbranched alkanes of at least 4 members (excludes halogenated alkanes) is 1. The zero-order valence-corrected chi connectivity index (χ0v) is 16.8. The summed E-state index contributed by atoms with van der Waals surface area (Å²) in [6, 6.07) is 17.8. The number of benzene rings is 2. The number of ether oxygens (including phenoxy) is 2. The molecule has 0 heterocycles. The maximum atomic E-state index is 12.0. The van der Waals surface area contributed by atoms with Gasteiger partial charge in [-0.25, -0.2) is 14.6 Å². The van der Waals surface area contributed by atoms with E-state index < -0.39 is 18.2 Å². The van der Waals surface area contributed by atoms with Gasteiger partial charge in [0.2, 0.25) is 0 Å². The first kappa shape index (κ1) is 22.4. The predicted molar refractivity (Wildman–Crippen MR) is 110 cm³/mol. The third-order valence-electron chi connectivity index (χ3n) is 4.28. The normalized spacial score (nSPS) is 11.7. The molecule has 7 heteroatoms. The molecule has 1 unspecified atom stereocenters. The largest absolute Gasteiger partial charge is 0.467 e. The van der Waals surface area contributed by atoms with Crippen molar-refractivity contribution in [3.05, 3.63) is 60.2 Å². The van der Waals surface area contributed by atoms with Crippen LogP contribution in [0.4, 0.5) is 4.79 Å². The Morgan fingerprint density at radius 2 is 1.72 bits per heavy atom. The minimum Gasteiger partial charge on any atom is -0.467 e. The Morgan fingerprint density at radius 3 is 2.34 bits per heavy atom. The lowest BCUT2D eigenvalue weighted by Crippen LogP contribution is -2.47. The number of hydrogen-bond donors (Lipinski definition) is 2. The van der Waals surface area contributed by atoms with E-state index in [1.54, 1.807) is 0 Å². The number of aliphatic hydroxyl groups excluding tert-OH is 1. The van der Waals surface area contributed by atoms with Crippen molar-refractivity contribution < 1.29 is 24.2 Å². The molecule has 0 radical (unpaired) electrons. The monoisotopic (exact) mass is 400 g/mol. The molecular weight excluding hydrogens is 372 g/mol. The summed E-state index contributed by atoms with van der Waals surface area (Å²) in [5, 5.41) is 11.4. The summed E-state index contributed by atoms with van der Waals surface area (Å²) in [6.45, 7) is 2.46. The first-order chi connectivity index (χ1) is 14.0. The van der Waals surface area contributed by atoms with Gasteiger partial charge in [-0.05, 0) is 23.1 Å². The Kier molecular flexibility index (Phi) is 9.14. The smallest absolute Gasteiger partial charge is 0.421 e. The molecule has 156 valence electrons. The van der Waals surface area contributed by atoms with E-state index in [2.05, 4.69) is 10.2 Å². The van der Waals surface area contributed by atoms with Crippen molar-refractivity contribution in [1.29, 1.82) is 0 Å². The highest BCUT2D eigenvalue weighted by Crippen LogP contribution is 2.19. The van der Waals surface area contributed by atoms with Gasteiger partial charge in [0.1, 0.15) is 0 Å². The summed E-state index contributed by atoms with van der Waals surface area (Å²) < 4.78 is 9.66. The average Bonchev–Trinajstić information content (AvgIpc) is 2.74. The molecule has 2 rings (SSSR count). The van der Waals surface area contributed by atoms with Gasteiger partial charge in [0.05, 0.1) is 20.3 Å². The molecule has 1 amide bonds. The summed E-state index contributed by atoms with van der Waals surface area (Å²) in [7, 11) is 1.20. The van der Waals surface area contributed by atoms with E-state index in [1.165, 1.54) is 12.1 Å². The van der Waals surface area contributed by atoms with Gasteiger partial charge in [-0.3, -0.25) is 5.43 Å². The van der Waals surface area contributed by atoms with E-state index in [9.17, 15) is 14.7 Å². The van der Waals surface area contributed by atoms with Crippen LogP contribution < -0.4 is 5.43 Å². The van der Waals surface area contributed by atoms with Crippen LogP contribution in [0, 0.1) is 0 Å². The molecule has 2 aromatic rings. The second-order valence-electron chi connectivity index (χ2n) is 6.58. The van der Waals surface area contributed by atoms with Gasteiger partial charge in [0.15, 0.2) is 6.10 Å². The second kappa shape index (κ2) is 11.8. The fourth-order valence-electron chi connectivity index (χ4n) is 2.69. The maximum absolute atomic E-state index is 12.0. The van der Waals surface area contributed by atoms with E-state index >= 15 is 0 Å². The van der Waals surface area contributed by atoms with Crippen LogP contribution in [0.2, 0.25) is 0 Å². The van der Waals surface area contributed by atoms with Gasteiger partial charge in [0.25, 0.3) is 0 Å². The summed E-state index contributed by atoms with van der Waals surface area (Å²) in [6.07, 6.45) is -0.346. The summed E-state index contributed by atoms with van der Waals surface area (Å²) >= 11 is 0. The van der Waals surface area contributed by atoms with E-state index in [-0.39, 0.29) is 13.1 Å². The number of methoxy groups -OCH3 is 1. The molecule has 0 spiro atoms. The van der Waals surface area contributed by atoms with Crippen LogP contribution in [0.5, 0.6) is 0 Å². The van der Waals surface area contributed by atoms with Crippen molar-refractivity contribution in [2.75, 3.05) is 20.3 Å². The molecule has 0 fully saturated rings. The summed E-state index contributed by atoms with van der Waals surface area (Å²) in [5.74, 6) is -0.768. The van der Waals surface area contributed by atoms with E-state index in [0.29, 0.717) is 6.61 Å². The molecule has 0 aromatic heterocycles. The first-order valence-electron chi connectivity index (χ1n) is 9.62. The average molecular weight is 400 g/mol. The Hall–Kier alpha value is -2.90. The molecule has 7 nitrogen and oxygen atoms in total. The summed E-state index contributed by atoms with van der Waals surface area (Å²) in [4.78, 5) is 23.6. The third kappa shape index (κ3) is 7.56. The Bertz CT molecular complexity index is 765. The van der Waals surface area contributed by atoms with Crippen LogP contribution in [0.3, 0.4) is 0 Å². The quantitative estimate of drug-likeness (QED) is 0.362. The highest BCUT2D eigenvalue weighted by molar-refractivity contribution is 5.74. The predicted octanol–water partition coefficient (Wildman–Crippen LogP) is 3.13. The lowest BCUT2D eigenvalue weighted by Gasteiger charge is -2.24. The lowest BCUT2D eigenvalue weighted by atomic mass is 10.0. The first-order valence-corrected chi connectivity index (χ1v) is 9.62. The summed E-state index contributed by atoms with van der Waals surface area (Å²) in [5.41, 5.74) is 5.66. The van der Waals surface area contributed by atoms with Crippen LogP contribution in [0.1, 0.15) is 25.3 Å². The van der Waals surface area contributed by atoms with E-state index in [4.69, 9.17) is 4.74 Å². The van der Waals surface area contributed by atoms with Gasteiger partial charge >= 0.3 is 12.1 Å². The molecule has 1 atom stereocenters. The number of carbonyl (C=O) groups is 2. The SMILES string of the molecule is CCCCOC(=O)NN(Cc1ccc(-c2ccccc2)cc1)CC(O)C(=O)OC. The zero-order chi connectivity index (χ0) is 21.1. The number of hydrazine groups is 1. The number of nitrogens with one attached hydrogen (secondary N) is 1. The molecule has 2 aromatic carbocycles. The number of nitrogens with zero attached hydrogens (tertiary/aromatic N) is 1. The van der Waals surface area contributed by atoms with Crippen molar-refractivity contribution in [2.45, 2.75) is 32.4 Å². The molecule has 0 aliphatic heterocycles. The number of carbonyl (C=O) groups excluding carboxylic acids is 2. The van der Waals surface area contributed by atoms with Crippen molar-refractivity contribution in [1.82, 2.24) is 10.4 Å². The van der Waals surface area contributed by atoms with Crippen molar-refractivity contribution in [3.8, 4) is 11.1 Å². The topological polar surface area (TPSA) is 88.1 Å². The minimum atomic E-state index is -1.39. The van der Waals surface area contributed by atoms with Gasteiger partial charge in [0, 0.05) is 6.54 Å². The van der Waals surface area contributed by atoms with Crippen LogP contribution in [0.15, 0.2) is 54.6 Å². The molecule has 0 aliphatic rings. The molecule has 2 N–H and O–H groups in total. The molecule has 29 heavy (non-hydrogen) atoms. The molecule has 0 saturated heterocycles. The van der Waals surface area contributed by atoms with Gasteiger partial charge in [-0.1, -0.05) is 67.9 Å². The number of amides is 1. The van der Waals surface area contributed by atoms with Crippen LogP contribution >= 0.6 is 0 Å². The van der Waals surface area contributed by atoms with E-state index in [0.717, 1.165) is 29.5 Å². The molecular formula is C22H28N2O5. The zero-order valence-electron chi connectivity index (χ0n) is 16.8. The second-order valence-corrected chi connectivity index (χ2v) is 6.58. The Balaban J connectivity index is 2.05. The third-order valence-corrected chi connectivity index (χ3v) is 4.28. The molecule has 0 bridgehead atoms. The van der Waals surface area contributed by atoms with Crippen molar-refractivity contribution in [2.24, 2.45) is 0 Å². The Morgan fingerprint density at radius 1 is 1.07 bits per heavy atom. The molecule has 0 aliphatic carbocycles. The number of aliphatic hydroxyl groups is 1. The number of esters is 1. The Labute approximate surface area is 171 Å². The number of hydrogen-bond acceptors (Lipinski definition) is 6. The number of rotatable bonds is 10. The van der Waals surface area contributed by atoms with Crippen LogP contribution in [-0.4, -0.2) is 48.5 Å². The van der Waals surface area contributed by atoms with Crippen molar-refractivity contribution >= 4 is 12.1 Å². The van der Waals surface area contributed by atoms with Gasteiger partial charge < -0.3 is 14.6 Å². The standard InChI is InChI=1S/C22H28N2O5/c1-3-4-14-29-22(27)23-24(16-20(25)21(26)28-2)15-17-10-12-19(13-11-17)18-8-6-5-7-9-18/h5-13,20,25H,3-4,14-16H2,1-2H3,(H,23,27). The fraction of sp³-hybridized carbons (Fsp3) is 0.364. The highest BCUT2D eigenvalue weighted by atomic mass is 16.6.